The average molecular weight is 261 g/mol. The van der Waals surface area contributed by atoms with Crippen LogP contribution in [0.4, 0.5) is 4.39 Å². The molecule has 1 unspecified atom stereocenters. The highest BCUT2D eigenvalue weighted by Gasteiger charge is 2.12. The highest BCUT2D eigenvalue weighted by Crippen LogP contribution is 2.20. The molecule has 14 heavy (non-hydrogen) atoms. The largest absolute Gasteiger partial charge is 0.323 e. The van der Waals surface area contributed by atoms with Crippen LogP contribution in [0.3, 0.4) is 0 Å². The van der Waals surface area contributed by atoms with Gasteiger partial charge in [-0.05, 0) is 32.3 Å². The van der Waals surface area contributed by atoms with Crippen molar-refractivity contribution < 1.29 is 4.39 Å². The number of nitrogens with zero attached hydrogens (tertiary/aromatic N) is 1. The lowest BCUT2D eigenvalue weighted by Crippen LogP contribution is -2.26. The maximum absolute atomic E-state index is 13.4. The summed E-state index contributed by atoms with van der Waals surface area (Å²) >= 11 is 3.29. The molecular formula is C10H14BrFN2. The molecule has 0 spiro atoms. The molecule has 1 atom stereocenters. The monoisotopic (exact) mass is 260 g/mol. The van der Waals surface area contributed by atoms with Gasteiger partial charge < -0.3 is 10.6 Å². The molecule has 1 aromatic rings. The first-order valence-corrected chi connectivity index (χ1v) is 5.15. The minimum absolute atomic E-state index is 0.248. The number of hydrogen-bond donors (Lipinski definition) is 1. The van der Waals surface area contributed by atoms with Gasteiger partial charge in [0.05, 0.1) is 0 Å². The standard InChI is InChI=1S/C10H14BrFN2/c1-14(2)6-10(13)8-5-7(11)3-4-9(8)12/h3-5,10H,6,13H2,1-2H3. The van der Waals surface area contributed by atoms with Crippen molar-refractivity contribution in [3.05, 3.63) is 34.1 Å². The SMILES string of the molecule is CN(C)CC(N)c1cc(Br)ccc1F. The van der Waals surface area contributed by atoms with Crippen LogP contribution >= 0.6 is 15.9 Å². The fourth-order valence-corrected chi connectivity index (χ4v) is 1.67. The molecule has 0 aliphatic heterocycles. The van der Waals surface area contributed by atoms with Crippen LogP contribution in [0, 0.1) is 5.82 Å². The van der Waals surface area contributed by atoms with Crippen LogP contribution < -0.4 is 5.73 Å². The number of nitrogens with two attached hydrogens (primary N) is 1. The second kappa shape index (κ2) is 4.87. The summed E-state index contributed by atoms with van der Waals surface area (Å²) in [5.74, 6) is -0.248. The van der Waals surface area contributed by atoms with Gasteiger partial charge in [0.25, 0.3) is 0 Å². The molecule has 4 heteroatoms. The molecular weight excluding hydrogens is 247 g/mol. The molecule has 0 bridgehead atoms. The van der Waals surface area contributed by atoms with Crippen LogP contribution in [0.5, 0.6) is 0 Å². The minimum Gasteiger partial charge on any atom is -0.323 e. The zero-order valence-electron chi connectivity index (χ0n) is 8.30. The summed E-state index contributed by atoms with van der Waals surface area (Å²) in [5.41, 5.74) is 6.41. The smallest absolute Gasteiger partial charge is 0.128 e. The Kier molecular flexibility index (Phi) is 4.04. The van der Waals surface area contributed by atoms with Gasteiger partial charge in [-0.15, -0.1) is 0 Å². The first-order chi connectivity index (χ1) is 6.50. The van der Waals surface area contributed by atoms with E-state index in [0.717, 1.165) is 4.47 Å². The molecule has 0 aliphatic carbocycles. The van der Waals surface area contributed by atoms with Gasteiger partial charge in [-0.1, -0.05) is 15.9 Å². The molecule has 1 aromatic carbocycles. The van der Waals surface area contributed by atoms with Gasteiger partial charge in [-0.25, -0.2) is 4.39 Å². The maximum atomic E-state index is 13.4. The molecule has 0 heterocycles. The topological polar surface area (TPSA) is 29.3 Å². The van der Waals surface area contributed by atoms with Crippen molar-refractivity contribution in [2.45, 2.75) is 6.04 Å². The lowest BCUT2D eigenvalue weighted by atomic mass is 10.1. The Morgan fingerprint density at radius 2 is 2.14 bits per heavy atom. The van der Waals surface area contributed by atoms with E-state index >= 15 is 0 Å². The Labute approximate surface area is 92.0 Å². The van der Waals surface area contributed by atoms with Crippen LogP contribution in [0.25, 0.3) is 0 Å². The highest BCUT2D eigenvalue weighted by molar-refractivity contribution is 9.10. The number of halogens is 2. The van der Waals surface area contributed by atoms with Crippen molar-refractivity contribution in [1.29, 1.82) is 0 Å². The number of hydrogen-bond acceptors (Lipinski definition) is 2. The molecule has 2 nitrogen and oxygen atoms in total. The Morgan fingerprint density at radius 1 is 1.50 bits per heavy atom. The summed E-state index contributed by atoms with van der Waals surface area (Å²) in [6.07, 6.45) is 0. The Hall–Kier alpha value is -0.450. The van der Waals surface area contributed by atoms with Gasteiger partial charge >= 0.3 is 0 Å². The predicted molar refractivity (Wildman–Crippen MR) is 59.6 cm³/mol. The van der Waals surface area contributed by atoms with E-state index in [2.05, 4.69) is 15.9 Å². The van der Waals surface area contributed by atoms with E-state index in [-0.39, 0.29) is 11.9 Å². The van der Waals surface area contributed by atoms with Crippen molar-refractivity contribution >= 4 is 15.9 Å². The number of rotatable bonds is 3. The number of benzene rings is 1. The molecule has 0 radical (unpaired) electrons. The van der Waals surface area contributed by atoms with Gasteiger partial charge in [-0.2, -0.15) is 0 Å². The molecule has 78 valence electrons. The van der Waals surface area contributed by atoms with Crippen molar-refractivity contribution in [1.82, 2.24) is 4.90 Å². The lowest BCUT2D eigenvalue weighted by Gasteiger charge is -2.17. The zero-order chi connectivity index (χ0) is 10.7. The van der Waals surface area contributed by atoms with Crippen molar-refractivity contribution in [3.63, 3.8) is 0 Å². The van der Waals surface area contributed by atoms with Gasteiger partial charge in [0.2, 0.25) is 0 Å². The van der Waals surface area contributed by atoms with E-state index in [0.29, 0.717) is 12.1 Å². The summed E-state index contributed by atoms with van der Waals surface area (Å²) in [6, 6.07) is 4.53. The third-order valence-corrected chi connectivity index (χ3v) is 2.41. The molecule has 0 saturated carbocycles. The van der Waals surface area contributed by atoms with Crippen LogP contribution in [-0.4, -0.2) is 25.5 Å². The lowest BCUT2D eigenvalue weighted by molar-refractivity contribution is 0.371. The third-order valence-electron chi connectivity index (χ3n) is 1.92. The number of likely N-dealkylation sites (N-methyl/N-ethyl adjacent to an activating group) is 1. The van der Waals surface area contributed by atoms with Crippen LogP contribution in [0.1, 0.15) is 11.6 Å². The van der Waals surface area contributed by atoms with E-state index in [1.165, 1.54) is 6.07 Å². The fraction of sp³-hybridized carbons (Fsp3) is 0.400. The summed E-state index contributed by atoms with van der Waals surface area (Å²) < 4.78 is 14.2. The summed E-state index contributed by atoms with van der Waals surface area (Å²) in [7, 11) is 3.82. The van der Waals surface area contributed by atoms with E-state index in [9.17, 15) is 4.39 Å². The quantitative estimate of drug-likeness (QED) is 0.903. The first-order valence-electron chi connectivity index (χ1n) is 4.36. The highest BCUT2D eigenvalue weighted by atomic mass is 79.9. The maximum Gasteiger partial charge on any atom is 0.128 e. The Bertz CT molecular complexity index is 315. The summed E-state index contributed by atoms with van der Waals surface area (Å²) in [4.78, 5) is 1.94. The summed E-state index contributed by atoms with van der Waals surface area (Å²) in [5, 5.41) is 0. The van der Waals surface area contributed by atoms with Gasteiger partial charge in [0.1, 0.15) is 5.82 Å². The van der Waals surface area contributed by atoms with Gasteiger partial charge in [0, 0.05) is 22.6 Å². The van der Waals surface area contributed by atoms with Gasteiger partial charge in [0.15, 0.2) is 0 Å². The van der Waals surface area contributed by atoms with Gasteiger partial charge in [-0.3, -0.25) is 0 Å². The third kappa shape index (κ3) is 3.04. The van der Waals surface area contributed by atoms with E-state index < -0.39 is 0 Å². The summed E-state index contributed by atoms with van der Waals surface area (Å²) in [6.45, 7) is 0.632. The average Bonchev–Trinajstić information content (AvgIpc) is 2.08. The van der Waals surface area contributed by atoms with Crippen molar-refractivity contribution in [2.75, 3.05) is 20.6 Å². The van der Waals surface area contributed by atoms with E-state index in [4.69, 9.17) is 5.73 Å². The predicted octanol–water partition coefficient (Wildman–Crippen LogP) is 2.15. The van der Waals surface area contributed by atoms with E-state index in [1.807, 2.05) is 19.0 Å². The van der Waals surface area contributed by atoms with Crippen LogP contribution in [0.2, 0.25) is 0 Å². The molecule has 0 amide bonds. The second-order valence-electron chi connectivity index (χ2n) is 3.53. The van der Waals surface area contributed by atoms with Crippen LogP contribution in [0.15, 0.2) is 22.7 Å². The fourth-order valence-electron chi connectivity index (χ4n) is 1.29. The Morgan fingerprint density at radius 3 is 2.71 bits per heavy atom. The molecule has 2 N–H and O–H groups in total. The zero-order valence-corrected chi connectivity index (χ0v) is 9.88. The molecule has 1 rings (SSSR count). The molecule has 0 saturated heterocycles. The second-order valence-corrected chi connectivity index (χ2v) is 4.45. The molecule has 0 aliphatic rings. The molecule has 0 aromatic heterocycles. The first kappa shape index (κ1) is 11.6. The minimum atomic E-state index is -0.289. The normalized spacial score (nSPS) is 13.3. The molecule has 0 fully saturated rings. The Balaban J connectivity index is 2.88. The van der Waals surface area contributed by atoms with Crippen molar-refractivity contribution in [3.8, 4) is 0 Å². The van der Waals surface area contributed by atoms with Crippen LogP contribution in [-0.2, 0) is 0 Å². The van der Waals surface area contributed by atoms with Crippen molar-refractivity contribution in [2.24, 2.45) is 5.73 Å². The van der Waals surface area contributed by atoms with E-state index in [1.54, 1.807) is 12.1 Å².